The molecule has 0 spiro atoms. The molecule has 0 saturated heterocycles. The summed E-state index contributed by atoms with van der Waals surface area (Å²) in [5.41, 5.74) is 3.11. The van der Waals surface area contributed by atoms with Gasteiger partial charge in [-0.15, -0.1) is 0 Å². The standard InChI is InChI=1S/C17H20ClN3O/c1-3-15-16-9-8-12(2)20(16)10-11-21(15)17(22)19-14-7-5-4-6-13(14)18/h4-9,15H,3,10-11H2,1-2H3,(H,19,22)/t15-/m1/s1. The van der Waals surface area contributed by atoms with Gasteiger partial charge in [0.1, 0.15) is 0 Å². The number of halogens is 1. The van der Waals surface area contributed by atoms with Crippen molar-refractivity contribution in [3.8, 4) is 0 Å². The minimum Gasteiger partial charge on any atom is -0.345 e. The van der Waals surface area contributed by atoms with Gasteiger partial charge in [-0.1, -0.05) is 30.7 Å². The van der Waals surface area contributed by atoms with Crippen molar-refractivity contribution in [2.75, 3.05) is 11.9 Å². The monoisotopic (exact) mass is 317 g/mol. The molecule has 0 fully saturated rings. The van der Waals surface area contributed by atoms with E-state index in [2.05, 4.69) is 35.9 Å². The number of aromatic nitrogens is 1. The van der Waals surface area contributed by atoms with Crippen LogP contribution in [0.4, 0.5) is 10.5 Å². The van der Waals surface area contributed by atoms with Crippen LogP contribution in [0.2, 0.25) is 5.02 Å². The van der Waals surface area contributed by atoms with Crippen LogP contribution in [0.5, 0.6) is 0 Å². The van der Waals surface area contributed by atoms with Gasteiger partial charge in [-0.25, -0.2) is 4.79 Å². The van der Waals surface area contributed by atoms with E-state index < -0.39 is 0 Å². The summed E-state index contributed by atoms with van der Waals surface area (Å²) in [6.07, 6.45) is 0.888. The lowest BCUT2D eigenvalue weighted by Crippen LogP contribution is -2.44. The second kappa shape index (κ2) is 6.05. The average molecular weight is 318 g/mol. The van der Waals surface area contributed by atoms with E-state index in [0.29, 0.717) is 17.3 Å². The molecule has 0 radical (unpaired) electrons. The lowest BCUT2D eigenvalue weighted by Gasteiger charge is -2.37. The van der Waals surface area contributed by atoms with Crippen molar-refractivity contribution in [2.45, 2.75) is 32.9 Å². The quantitative estimate of drug-likeness (QED) is 0.873. The summed E-state index contributed by atoms with van der Waals surface area (Å²) in [4.78, 5) is 14.6. The van der Waals surface area contributed by atoms with Gasteiger partial charge in [0.15, 0.2) is 0 Å². The Balaban J connectivity index is 1.83. The van der Waals surface area contributed by atoms with E-state index in [4.69, 9.17) is 11.6 Å². The Bertz CT molecular complexity index is 695. The number of amides is 2. The molecule has 1 aliphatic heterocycles. The minimum absolute atomic E-state index is 0.0925. The first-order valence-corrected chi connectivity index (χ1v) is 7.97. The topological polar surface area (TPSA) is 37.3 Å². The predicted octanol–water partition coefficient (Wildman–Crippen LogP) is 4.45. The van der Waals surface area contributed by atoms with Crippen molar-refractivity contribution in [1.29, 1.82) is 0 Å². The van der Waals surface area contributed by atoms with Crippen molar-refractivity contribution in [3.63, 3.8) is 0 Å². The highest BCUT2D eigenvalue weighted by molar-refractivity contribution is 6.33. The summed E-state index contributed by atoms with van der Waals surface area (Å²) in [5.74, 6) is 0. The lowest BCUT2D eigenvalue weighted by molar-refractivity contribution is 0.165. The fourth-order valence-corrected chi connectivity index (χ4v) is 3.31. The molecule has 2 heterocycles. The Morgan fingerprint density at radius 3 is 2.77 bits per heavy atom. The van der Waals surface area contributed by atoms with Gasteiger partial charge in [0.25, 0.3) is 0 Å². The molecule has 0 unspecified atom stereocenters. The fourth-order valence-electron chi connectivity index (χ4n) is 3.13. The van der Waals surface area contributed by atoms with Crippen molar-refractivity contribution >= 4 is 23.3 Å². The van der Waals surface area contributed by atoms with E-state index >= 15 is 0 Å². The molecule has 0 saturated carbocycles. The van der Waals surface area contributed by atoms with Crippen LogP contribution in [0, 0.1) is 6.92 Å². The second-order valence-corrected chi connectivity index (χ2v) is 5.99. The lowest BCUT2D eigenvalue weighted by atomic mass is 10.1. The molecule has 4 nitrogen and oxygen atoms in total. The van der Waals surface area contributed by atoms with Gasteiger partial charge in [0.05, 0.1) is 16.8 Å². The summed E-state index contributed by atoms with van der Waals surface area (Å²) in [5, 5.41) is 3.48. The molecule has 1 atom stereocenters. The van der Waals surface area contributed by atoms with E-state index in [0.717, 1.165) is 13.0 Å². The van der Waals surface area contributed by atoms with Gasteiger partial charge in [-0.3, -0.25) is 0 Å². The molecule has 1 aromatic carbocycles. The highest BCUT2D eigenvalue weighted by Crippen LogP contribution is 2.31. The Hall–Kier alpha value is -1.94. The van der Waals surface area contributed by atoms with E-state index in [1.54, 1.807) is 6.07 Å². The van der Waals surface area contributed by atoms with Crippen LogP contribution in [0.1, 0.15) is 30.8 Å². The van der Waals surface area contributed by atoms with Crippen molar-refractivity contribution in [3.05, 3.63) is 52.8 Å². The van der Waals surface area contributed by atoms with Crippen LogP contribution in [-0.2, 0) is 6.54 Å². The molecule has 2 aromatic rings. The summed E-state index contributed by atoms with van der Waals surface area (Å²) in [6.45, 7) is 5.76. The maximum atomic E-state index is 12.7. The molecular formula is C17H20ClN3O. The number of fused-ring (bicyclic) bond motifs is 1. The molecule has 3 rings (SSSR count). The van der Waals surface area contributed by atoms with E-state index in [1.165, 1.54) is 11.4 Å². The van der Waals surface area contributed by atoms with Gasteiger partial charge < -0.3 is 14.8 Å². The minimum atomic E-state index is -0.0925. The molecule has 0 aliphatic carbocycles. The fraction of sp³-hybridized carbons (Fsp3) is 0.353. The van der Waals surface area contributed by atoms with Crippen LogP contribution in [0.3, 0.4) is 0 Å². The second-order valence-electron chi connectivity index (χ2n) is 5.58. The van der Waals surface area contributed by atoms with Gasteiger partial charge in [-0.2, -0.15) is 0 Å². The van der Waals surface area contributed by atoms with Gasteiger partial charge in [0.2, 0.25) is 0 Å². The molecule has 2 amide bonds. The van der Waals surface area contributed by atoms with Gasteiger partial charge in [-0.05, 0) is 37.6 Å². The maximum absolute atomic E-state index is 12.7. The number of carbonyl (C=O) groups excluding carboxylic acids is 1. The Morgan fingerprint density at radius 2 is 2.05 bits per heavy atom. The largest absolute Gasteiger partial charge is 0.345 e. The summed E-state index contributed by atoms with van der Waals surface area (Å²) in [6, 6.07) is 11.6. The normalized spacial score (nSPS) is 17.2. The molecule has 1 N–H and O–H groups in total. The number of urea groups is 1. The van der Waals surface area contributed by atoms with E-state index in [-0.39, 0.29) is 12.1 Å². The SMILES string of the molecule is CC[C@@H]1c2ccc(C)n2CCN1C(=O)Nc1ccccc1Cl. The van der Waals surface area contributed by atoms with Crippen LogP contribution in [-0.4, -0.2) is 22.0 Å². The maximum Gasteiger partial charge on any atom is 0.322 e. The first kappa shape index (κ1) is 15.0. The smallest absolute Gasteiger partial charge is 0.322 e. The third-order valence-electron chi connectivity index (χ3n) is 4.28. The molecular weight excluding hydrogens is 298 g/mol. The predicted molar refractivity (Wildman–Crippen MR) is 89.4 cm³/mol. The van der Waals surface area contributed by atoms with Crippen LogP contribution in [0.25, 0.3) is 0 Å². The molecule has 1 aromatic heterocycles. The number of benzene rings is 1. The zero-order chi connectivity index (χ0) is 15.7. The highest BCUT2D eigenvalue weighted by atomic mass is 35.5. The number of rotatable bonds is 2. The number of nitrogens with one attached hydrogen (secondary N) is 1. The average Bonchev–Trinajstić information content (AvgIpc) is 2.90. The highest BCUT2D eigenvalue weighted by Gasteiger charge is 2.30. The van der Waals surface area contributed by atoms with Crippen molar-refractivity contribution in [1.82, 2.24) is 9.47 Å². The third kappa shape index (κ3) is 2.59. The Kier molecular flexibility index (Phi) is 4.12. The molecule has 5 heteroatoms. The number of hydrogen-bond donors (Lipinski definition) is 1. The zero-order valence-electron chi connectivity index (χ0n) is 12.8. The summed E-state index contributed by atoms with van der Waals surface area (Å²) >= 11 is 6.12. The molecule has 22 heavy (non-hydrogen) atoms. The van der Waals surface area contributed by atoms with Crippen molar-refractivity contribution in [2.24, 2.45) is 0 Å². The van der Waals surface area contributed by atoms with Crippen LogP contribution >= 0.6 is 11.6 Å². The molecule has 1 aliphatic rings. The number of para-hydroxylation sites is 1. The van der Waals surface area contributed by atoms with Gasteiger partial charge in [0, 0.05) is 24.5 Å². The Labute approximate surface area is 135 Å². The van der Waals surface area contributed by atoms with Crippen LogP contribution < -0.4 is 5.32 Å². The first-order valence-electron chi connectivity index (χ1n) is 7.60. The Morgan fingerprint density at radius 1 is 1.27 bits per heavy atom. The van der Waals surface area contributed by atoms with Crippen molar-refractivity contribution < 1.29 is 4.79 Å². The third-order valence-corrected chi connectivity index (χ3v) is 4.61. The summed E-state index contributed by atoms with van der Waals surface area (Å²) in [7, 11) is 0. The number of anilines is 1. The number of hydrogen-bond acceptors (Lipinski definition) is 1. The molecule has 0 bridgehead atoms. The van der Waals surface area contributed by atoms with Gasteiger partial charge >= 0.3 is 6.03 Å². The first-order chi connectivity index (χ1) is 10.6. The van der Waals surface area contributed by atoms with Crippen LogP contribution in [0.15, 0.2) is 36.4 Å². The van der Waals surface area contributed by atoms with E-state index in [1.807, 2.05) is 23.1 Å². The molecule has 116 valence electrons. The van der Waals surface area contributed by atoms with E-state index in [9.17, 15) is 4.79 Å². The number of nitrogens with zero attached hydrogens (tertiary/aromatic N) is 2. The number of carbonyl (C=O) groups is 1. The number of aryl methyl sites for hydroxylation is 1. The zero-order valence-corrected chi connectivity index (χ0v) is 13.6. The summed E-state index contributed by atoms with van der Waals surface area (Å²) < 4.78 is 2.30.